The van der Waals surface area contributed by atoms with Gasteiger partial charge in [-0.25, -0.2) is 13.5 Å². The lowest BCUT2D eigenvalue weighted by Gasteiger charge is -2.17. The molecular weight excluding hydrogens is 393 g/mol. The number of nitrogens with zero attached hydrogens (tertiary/aromatic N) is 3. The number of hydrogen-bond acceptors (Lipinski definition) is 3. The molecule has 2 aliphatic rings. The fourth-order valence-electron chi connectivity index (χ4n) is 4.51. The minimum Gasteiger partial charge on any atom is -0.482 e. The first-order valence-electron chi connectivity index (χ1n) is 10.8. The predicted molar refractivity (Wildman–Crippen MR) is 119 cm³/mol. The summed E-state index contributed by atoms with van der Waals surface area (Å²) in [7, 11) is 0. The molecule has 0 atom stereocenters. The van der Waals surface area contributed by atoms with Gasteiger partial charge in [0, 0.05) is 18.7 Å². The summed E-state index contributed by atoms with van der Waals surface area (Å²) >= 11 is 0. The van der Waals surface area contributed by atoms with Crippen molar-refractivity contribution in [3.8, 4) is 5.75 Å². The molecule has 0 fully saturated rings. The Bertz CT molecular complexity index is 1260. The minimum absolute atomic E-state index is 0.229. The molecule has 0 saturated heterocycles. The lowest BCUT2D eigenvalue weighted by atomic mass is 10.1. The van der Waals surface area contributed by atoms with E-state index in [0.717, 1.165) is 59.6 Å². The quantitative estimate of drug-likeness (QED) is 0.569. The Kier molecular flexibility index (Phi) is 4.73. The maximum absolute atomic E-state index is 13.9. The fraction of sp³-hybridized carbons (Fsp3) is 0.320. The maximum atomic E-state index is 13.9. The van der Waals surface area contributed by atoms with Crippen LogP contribution in [0.1, 0.15) is 30.8 Å². The topological polar surface area (TPSA) is 30.5 Å². The molecule has 0 aliphatic carbocycles. The number of fused-ring (bicyclic) bond motifs is 4. The number of rotatable bonds is 3. The van der Waals surface area contributed by atoms with Crippen LogP contribution in [0.3, 0.4) is 0 Å². The van der Waals surface area contributed by atoms with E-state index in [2.05, 4.69) is 53.9 Å². The molecule has 2 aliphatic heterocycles. The van der Waals surface area contributed by atoms with E-state index in [9.17, 15) is 4.39 Å². The Morgan fingerprint density at radius 2 is 1.90 bits per heavy atom. The van der Waals surface area contributed by atoms with Crippen molar-refractivity contribution in [1.82, 2.24) is 4.57 Å². The van der Waals surface area contributed by atoms with E-state index < -0.39 is 0 Å². The van der Waals surface area contributed by atoms with E-state index in [0.29, 0.717) is 6.61 Å². The van der Waals surface area contributed by atoms with Crippen LogP contribution in [0.15, 0.2) is 48.4 Å². The first-order valence-corrected chi connectivity index (χ1v) is 10.8. The smallest absolute Gasteiger partial charge is 0.325 e. The summed E-state index contributed by atoms with van der Waals surface area (Å²) in [6, 6.07) is 9.23. The van der Waals surface area contributed by atoms with Gasteiger partial charge in [0.2, 0.25) is 11.6 Å². The summed E-state index contributed by atoms with van der Waals surface area (Å²) in [5, 5.41) is 0. The highest BCUT2D eigenvalue weighted by molar-refractivity contribution is 5.76. The van der Waals surface area contributed by atoms with Crippen molar-refractivity contribution in [2.24, 2.45) is 0 Å². The summed E-state index contributed by atoms with van der Waals surface area (Å²) in [6.07, 6.45) is 3.94. The zero-order valence-corrected chi connectivity index (χ0v) is 18.4. The Labute approximate surface area is 181 Å². The average Bonchev–Trinajstić information content (AvgIpc) is 3.26. The lowest BCUT2D eigenvalue weighted by molar-refractivity contribution is -0.672. The lowest BCUT2D eigenvalue weighted by Crippen LogP contribution is -2.38. The third kappa shape index (κ3) is 3.09. The molecule has 0 unspecified atom stereocenters. The van der Waals surface area contributed by atoms with Crippen molar-refractivity contribution in [2.75, 3.05) is 18.1 Å². The maximum Gasteiger partial charge on any atom is 0.325 e. The van der Waals surface area contributed by atoms with E-state index in [-0.39, 0.29) is 5.82 Å². The van der Waals surface area contributed by atoms with Crippen LogP contribution in [-0.4, -0.2) is 17.7 Å². The van der Waals surface area contributed by atoms with E-state index in [1.807, 2.05) is 18.2 Å². The monoisotopic (exact) mass is 420 g/mol. The van der Waals surface area contributed by atoms with Crippen molar-refractivity contribution < 1.29 is 18.4 Å². The van der Waals surface area contributed by atoms with Gasteiger partial charge in [-0.05, 0) is 69.2 Å². The van der Waals surface area contributed by atoms with E-state index in [1.54, 1.807) is 6.07 Å². The van der Waals surface area contributed by atoms with Gasteiger partial charge >= 0.3 is 5.82 Å². The third-order valence-electron chi connectivity index (χ3n) is 6.18. The standard InChI is InChI=1S/C25H27FN3O2/c1-5-27-21-13-16(3)17(4)14-23(21)31-24(27)10-9-22-25-28(6-2)20-15-18(26)7-8-19(20)29(25)11-12-30-22/h7-10,13-15H,5-6,11-12H2,1-4H3/q+1. The van der Waals surface area contributed by atoms with Crippen LogP contribution in [-0.2, 0) is 17.8 Å². The van der Waals surface area contributed by atoms with E-state index in [1.165, 1.54) is 17.2 Å². The summed E-state index contributed by atoms with van der Waals surface area (Å²) in [4.78, 5) is 2.17. The summed E-state index contributed by atoms with van der Waals surface area (Å²) < 4.78 is 30.5. The highest BCUT2D eigenvalue weighted by Crippen LogP contribution is 2.40. The molecule has 160 valence electrons. The molecule has 2 aromatic carbocycles. The molecule has 6 heteroatoms. The largest absolute Gasteiger partial charge is 0.482 e. The van der Waals surface area contributed by atoms with Gasteiger partial charge in [-0.1, -0.05) is 0 Å². The van der Waals surface area contributed by atoms with E-state index >= 15 is 0 Å². The van der Waals surface area contributed by atoms with Gasteiger partial charge in [-0.15, -0.1) is 0 Å². The van der Waals surface area contributed by atoms with Gasteiger partial charge in [0.25, 0.3) is 0 Å². The van der Waals surface area contributed by atoms with Crippen LogP contribution in [0.5, 0.6) is 5.75 Å². The van der Waals surface area contributed by atoms with Crippen LogP contribution < -0.4 is 14.2 Å². The summed E-state index contributed by atoms with van der Waals surface area (Å²) in [5.74, 6) is 3.15. The zero-order valence-electron chi connectivity index (χ0n) is 18.4. The number of anilines is 1. The van der Waals surface area contributed by atoms with Crippen LogP contribution in [0.4, 0.5) is 10.1 Å². The van der Waals surface area contributed by atoms with Crippen molar-refractivity contribution in [3.63, 3.8) is 0 Å². The second-order valence-corrected chi connectivity index (χ2v) is 7.99. The van der Waals surface area contributed by atoms with Gasteiger partial charge in [-0.2, -0.15) is 0 Å². The van der Waals surface area contributed by atoms with Gasteiger partial charge < -0.3 is 14.4 Å². The minimum atomic E-state index is -0.229. The second kappa shape index (κ2) is 7.45. The number of allylic oxidation sites excluding steroid dienone is 2. The number of benzene rings is 2. The average molecular weight is 421 g/mol. The number of aryl methyl sites for hydroxylation is 3. The highest BCUT2D eigenvalue weighted by Gasteiger charge is 2.32. The molecule has 3 heterocycles. The van der Waals surface area contributed by atoms with Gasteiger partial charge in [0.05, 0.1) is 12.2 Å². The molecule has 0 saturated carbocycles. The first-order chi connectivity index (χ1) is 15.0. The molecule has 0 spiro atoms. The van der Waals surface area contributed by atoms with Crippen LogP contribution in [0, 0.1) is 19.7 Å². The molecule has 0 bridgehead atoms. The molecule has 5 nitrogen and oxygen atoms in total. The molecule has 1 aromatic heterocycles. The van der Waals surface area contributed by atoms with Crippen molar-refractivity contribution in [1.29, 1.82) is 0 Å². The first kappa shape index (κ1) is 19.7. The number of aromatic nitrogens is 2. The van der Waals surface area contributed by atoms with E-state index in [4.69, 9.17) is 9.47 Å². The van der Waals surface area contributed by atoms with Gasteiger partial charge in [0.1, 0.15) is 19.0 Å². The number of imidazole rings is 1. The Hall–Kier alpha value is -3.28. The molecule has 31 heavy (non-hydrogen) atoms. The Balaban J connectivity index is 1.59. The summed E-state index contributed by atoms with van der Waals surface area (Å²) in [5.41, 5.74) is 5.45. The highest BCUT2D eigenvalue weighted by atomic mass is 19.1. The predicted octanol–water partition coefficient (Wildman–Crippen LogP) is 4.84. The zero-order chi connectivity index (χ0) is 21.7. The van der Waals surface area contributed by atoms with Crippen LogP contribution in [0.2, 0.25) is 0 Å². The summed E-state index contributed by atoms with van der Waals surface area (Å²) in [6.45, 7) is 11.2. The van der Waals surface area contributed by atoms with Crippen LogP contribution in [0.25, 0.3) is 16.8 Å². The number of hydrogen-bond donors (Lipinski definition) is 0. The van der Waals surface area contributed by atoms with Crippen LogP contribution >= 0.6 is 0 Å². The van der Waals surface area contributed by atoms with Crippen molar-refractivity contribution in [2.45, 2.75) is 40.8 Å². The van der Waals surface area contributed by atoms with Crippen molar-refractivity contribution >= 4 is 22.5 Å². The molecule has 0 N–H and O–H groups in total. The normalized spacial score (nSPS) is 17.8. The van der Waals surface area contributed by atoms with Crippen molar-refractivity contribution in [3.05, 3.63) is 71.1 Å². The van der Waals surface area contributed by atoms with Gasteiger partial charge in [-0.3, -0.25) is 0 Å². The SMILES string of the molecule is CCN1C(=CC=C2OCCn3c2[n+](CC)c2cc(F)ccc23)Oc2cc(C)c(C)cc21. The van der Waals surface area contributed by atoms with Gasteiger partial charge in [0.15, 0.2) is 16.8 Å². The Morgan fingerprint density at radius 3 is 2.68 bits per heavy atom. The number of ether oxygens (including phenoxy) is 2. The molecular formula is C25H27FN3O2+. The number of halogens is 1. The second-order valence-electron chi connectivity index (χ2n) is 7.99. The fourth-order valence-corrected chi connectivity index (χ4v) is 4.51. The molecule has 3 aromatic rings. The molecule has 0 radical (unpaired) electrons. The molecule has 5 rings (SSSR count). The Morgan fingerprint density at radius 1 is 1.10 bits per heavy atom. The molecule has 0 amide bonds. The third-order valence-corrected chi connectivity index (χ3v) is 6.18.